The number of benzene rings is 2. The third-order valence-corrected chi connectivity index (χ3v) is 6.59. The number of anilines is 4. The van der Waals surface area contributed by atoms with Gasteiger partial charge in [-0.25, -0.2) is 22.5 Å². The zero-order valence-electron chi connectivity index (χ0n) is 17.5. The minimum absolute atomic E-state index is 0.206. The van der Waals surface area contributed by atoms with Gasteiger partial charge in [-0.2, -0.15) is 4.98 Å². The molecule has 1 aliphatic heterocycles. The summed E-state index contributed by atoms with van der Waals surface area (Å²) < 4.78 is 40.7. The maximum Gasteiger partial charge on any atom is 0.240 e. The first-order chi connectivity index (χ1) is 15.5. The Morgan fingerprint density at radius 2 is 1.56 bits per heavy atom. The molecular formula is C22H25FN6O2S. The van der Waals surface area contributed by atoms with Crippen molar-refractivity contribution in [1.82, 2.24) is 19.6 Å². The minimum Gasteiger partial charge on any atom is -0.340 e. The molecule has 0 radical (unpaired) electrons. The molecule has 4 rings (SSSR count). The van der Waals surface area contributed by atoms with E-state index < -0.39 is 10.0 Å². The van der Waals surface area contributed by atoms with Crippen LogP contribution in [0.15, 0.2) is 65.7 Å². The molecule has 3 N–H and O–H groups in total. The third-order valence-electron chi connectivity index (χ3n) is 5.11. The Morgan fingerprint density at radius 1 is 0.906 bits per heavy atom. The minimum atomic E-state index is -3.56. The van der Waals surface area contributed by atoms with Crippen LogP contribution in [0.5, 0.6) is 0 Å². The molecule has 10 heteroatoms. The molecule has 0 aliphatic carbocycles. The molecule has 32 heavy (non-hydrogen) atoms. The number of rotatable bonds is 9. The van der Waals surface area contributed by atoms with Crippen molar-refractivity contribution < 1.29 is 12.8 Å². The molecule has 1 saturated heterocycles. The van der Waals surface area contributed by atoms with E-state index in [1.165, 1.54) is 25.0 Å². The van der Waals surface area contributed by atoms with Crippen molar-refractivity contribution in [1.29, 1.82) is 0 Å². The summed E-state index contributed by atoms with van der Waals surface area (Å²) in [6.45, 7) is 3.18. The zero-order chi connectivity index (χ0) is 22.4. The highest BCUT2D eigenvalue weighted by Gasteiger charge is 2.16. The van der Waals surface area contributed by atoms with Crippen LogP contribution in [0.1, 0.15) is 12.8 Å². The van der Waals surface area contributed by atoms with Crippen LogP contribution in [-0.4, -0.2) is 49.5 Å². The zero-order valence-corrected chi connectivity index (χ0v) is 18.3. The van der Waals surface area contributed by atoms with Gasteiger partial charge >= 0.3 is 0 Å². The van der Waals surface area contributed by atoms with Crippen LogP contribution in [0.3, 0.4) is 0 Å². The van der Waals surface area contributed by atoms with E-state index >= 15 is 0 Å². The van der Waals surface area contributed by atoms with Gasteiger partial charge in [0.15, 0.2) is 0 Å². The van der Waals surface area contributed by atoms with Crippen molar-refractivity contribution in [2.24, 2.45) is 0 Å². The van der Waals surface area contributed by atoms with Gasteiger partial charge in [0.2, 0.25) is 16.0 Å². The molecule has 8 nitrogen and oxygen atoms in total. The van der Waals surface area contributed by atoms with Crippen molar-refractivity contribution in [3.63, 3.8) is 0 Å². The molecule has 0 spiro atoms. The predicted octanol–water partition coefficient (Wildman–Crippen LogP) is 3.48. The fourth-order valence-corrected chi connectivity index (χ4v) is 4.46. The molecule has 1 aromatic heterocycles. The smallest absolute Gasteiger partial charge is 0.240 e. The number of halogens is 1. The Morgan fingerprint density at radius 3 is 2.28 bits per heavy atom. The van der Waals surface area contributed by atoms with Crippen molar-refractivity contribution >= 4 is 33.2 Å². The van der Waals surface area contributed by atoms with Crippen LogP contribution in [0.2, 0.25) is 0 Å². The average molecular weight is 457 g/mol. The lowest BCUT2D eigenvalue weighted by Gasteiger charge is -2.15. The van der Waals surface area contributed by atoms with E-state index in [0.717, 1.165) is 19.6 Å². The second-order valence-corrected chi connectivity index (χ2v) is 9.26. The number of sulfonamides is 1. The maximum absolute atomic E-state index is 13.1. The number of hydrogen-bond acceptors (Lipinski definition) is 7. The molecule has 0 saturated carbocycles. The topological polar surface area (TPSA) is 99.3 Å². The number of nitrogens with zero attached hydrogens (tertiary/aromatic N) is 3. The van der Waals surface area contributed by atoms with Gasteiger partial charge in [-0.15, -0.1) is 0 Å². The summed E-state index contributed by atoms with van der Waals surface area (Å²) in [5.74, 6) is 0.569. The summed E-state index contributed by atoms with van der Waals surface area (Å²) in [5, 5.41) is 6.13. The predicted molar refractivity (Wildman–Crippen MR) is 122 cm³/mol. The number of aromatic nitrogens is 2. The van der Waals surface area contributed by atoms with E-state index in [1.54, 1.807) is 48.7 Å². The molecule has 0 unspecified atom stereocenters. The Bertz CT molecular complexity index is 1130. The normalized spacial score (nSPS) is 14.4. The first kappa shape index (κ1) is 22.1. The SMILES string of the molecule is O=S(=O)(NCCN1CCCC1)c1ccc(Nc2nccc(Nc3ccc(F)cc3)n2)cc1. The lowest BCUT2D eigenvalue weighted by atomic mass is 10.3. The van der Waals surface area contributed by atoms with Gasteiger partial charge in [0.05, 0.1) is 4.90 Å². The molecule has 1 aliphatic rings. The van der Waals surface area contributed by atoms with Crippen molar-refractivity contribution in [2.45, 2.75) is 17.7 Å². The largest absolute Gasteiger partial charge is 0.340 e. The Hall–Kier alpha value is -3.08. The Labute approximate surface area is 187 Å². The molecule has 0 bridgehead atoms. The monoisotopic (exact) mass is 456 g/mol. The van der Waals surface area contributed by atoms with Gasteiger partial charge in [0, 0.05) is 30.7 Å². The fourth-order valence-electron chi connectivity index (χ4n) is 3.44. The second kappa shape index (κ2) is 10.0. The highest BCUT2D eigenvalue weighted by molar-refractivity contribution is 7.89. The Balaban J connectivity index is 1.35. The van der Waals surface area contributed by atoms with Crippen molar-refractivity contribution in [2.75, 3.05) is 36.8 Å². The van der Waals surface area contributed by atoms with Crippen LogP contribution >= 0.6 is 0 Å². The van der Waals surface area contributed by atoms with Gasteiger partial charge in [-0.05, 0) is 80.5 Å². The molecule has 0 atom stereocenters. The van der Waals surface area contributed by atoms with Gasteiger partial charge in [-0.1, -0.05) is 0 Å². The number of nitrogens with one attached hydrogen (secondary N) is 3. The summed E-state index contributed by atoms with van der Waals surface area (Å²) in [6.07, 6.45) is 3.94. The first-order valence-corrected chi connectivity index (χ1v) is 11.9. The highest BCUT2D eigenvalue weighted by Crippen LogP contribution is 2.19. The summed E-state index contributed by atoms with van der Waals surface area (Å²) in [4.78, 5) is 11.0. The van der Waals surface area contributed by atoms with Gasteiger partial charge in [0.1, 0.15) is 11.6 Å². The number of hydrogen-bond donors (Lipinski definition) is 3. The first-order valence-electron chi connectivity index (χ1n) is 10.4. The second-order valence-electron chi connectivity index (χ2n) is 7.49. The van der Waals surface area contributed by atoms with Crippen LogP contribution in [0.4, 0.5) is 27.5 Å². The average Bonchev–Trinajstić information content (AvgIpc) is 3.29. The standard InChI is InChI=1S/C22H25FN6O2S/c23-17-3-5-18(6-4-17)26-21-11-12-24-22(28-21)27-19-7-9-20(10-8-19)32(30,31)25-13-16-29-14-1-2-15-29/h3-12,25H,1-2,13-16H2,(H2,24,26,27,28). The van der Waals surface area contributed by atoms with Crippen LogP contribution < -0.4 is 15.4 Å². The summed E-state index contributed by atoms with van der Waals surface area (Å²) in [6, 6.07) is 14.1. The van der Waals surface area contributed by atoms with E-state index in [4.69, 9.17) is 0 Å². The quantitative estimate of drug-likeness (QED) is 0.453. The molecule has 2 heterocycles. The van der Waals surface area contributed by atoms with Crippen molar-refractivity contribution in [3.8, 4) is 0 Å². The van der Waals surface area contributed by atoms with Crippen LogP contribution in [0.25, 0.3) is 0 Å². The molecule has 2 aromatic carbocycles. The lowest BCUT2D eigenvalue weighted by molar-refractivity contribution is 0.344. The highest BCUT2D eigenvalue weighted by atomic mass is 32.2. The van der Waals surface area contributed by atoms with E-state index in [9.17, 15) is 12.8 Å². The van der Waals surface area contributed by atoms with Crippen LogP contribution in [0, 0.1) is 5.82 Å². The van der Waals surface area contributed by atoms with Gasteiger partial charge < -0.3 is 15.5 Å². The Kier molecular flexibility index (Phi) is 6.93. The third kappa shape index (κ3) is 6.00. The van der Waals surface area contributed by atoms with Crippen LogP contribution in [-0.2, 0) is 10.0 Å². The van der Waals surface area contributed by atoms with Gasteiger partial charge in [-0.3, -0.25) is 0 Å². The van der Waals surface area contributed by atoms with Crippen molar-refractivity contribution in [3.05, 3.63) is 66.6 Å². The molecule has 3 aromatic rings. The van der Waals surface area contributed by atoms with E-state index in [1.807, 2.05) is 0 Å². The summed E-state index contributed by atoms with van der Waals surface area (Å²) in [5.41, 5.74) is 1.35. The van der Waals surface area contributed by atoms with E-state index in [0.29, 0.717) is 29.7 Å². The molecule has 1 fully saturated rings. The van der Waals surface area contributed by atoms with E-state index in [2.05, 4.69) is 30.2 Å². The fraction of sp³-hybridized carbons (Fsp3) is 0.273. The molecule has 0 amide bonds. The number of likely N-dealkylation sites (tertiary alicyclic amines) is 1. The molecular weight excluding hydrogens is 431 g/mol. The molecule has 168 valence electrons. The summed E-state index contributed by atoms with van der Waals surface area (Å²) >= 11 is 0. The summed E-state index contributed by atoms with van der Waals surface area (Å²) in [7, 11) is -3.56. The van der Waals surface area contributed by atoms with E-state index in [-0.39, 0.29) is 10.7 Å². The maximum atomic E-state index is 13.1. The lowest BCUT2D eigenvalue weighted by Crippen LogP contribution is -2.33. The van der Waals surface area contributed by atoms with Gasteiger partial charge in [0.25, 0.3) is 0 Å².